The molecule has 1 aliphatic rings. The second kappa shape index (κ2) is 8.61. The van der Waals surface area contributed by atoms with E-state index < -0.39 is 5.82 Å². The number of aromatic nitrogens is 6. The van der Waals surface area contributed by atoms with Crippen molar-refractivity contribution in [1.29, 1.82) is 0 Å². The zero-order chi connectivity index (χ0) is 23.9. The molecule has 1 aliphatic carbocycles. The Bertz CT molecular complexity index is 1500. The summed E-state index contributed by atoms with van der Waals surface area (Å²) in [5, 5.41) is 8.19. The van der Waals surface area contributed by atoms with E-state index in [1.807, 2.05) is 12.3 Å². The molecular weight excluding hydrogens is 441 g/mol. The van der Waals surface area contributed by atoms with E-state index in [0.29, 0.717) is 17.3 Å². The van der Waals surface area contributed by atoms with Crippen molar-refractivity contribution in [3.05, 3.63) is 83.7 Å². The number of rotatable bonds is 5. The van der Waals surface area contributed by atoms with Gasteiger partial charge in [-0.2, -0.15) is 14.6 Å². The first-order valence-electron chi connectivity index (χ1n) is 11.9. The van der Waals surface area contributed by atoms with Crippen LogP contribution in [0.1, 0.15) is 43.0 Å². The highest BCUT2D eigenvalue weighted by Gasteiger charge is 2.24. The molecule has 0 radical (unpaired) electrons. The van der Waals surface area contributed by atoms with Crippen molar-refractivity contribution in [2.75, 3.05) is 5.32 Å². The molecule has 0 aliphatic heterocycles. The molecule has 1 aromatic carbocycles. The number of hydrogen-bond acceptors (Lipinski definition) is 5. The van der Waals surface area contributed by atoms with E-state index >= 15 is 0 Å². The molecule has 4 heterocycles. The van der Waals surface area contributed by atoms with Crippen molar-refractivity contribution >= 4 is 11.6 Å². The highest BCUT2D eigenvalue weighted by Crippen LogP contribution is 2.30. The standard InChI is InChI=1S/C27H26FN7/c1-16(2)22-15-30-35-26(22)33-25(19-10-20(28)14-29-13-19)34-27(35)31-21-8-9-23-18(11-21)12-24(32-23)17-6-4-3-5-7-17/h3-7,10,12-16,21,32H,8-9,11H2,1-2H3,(H,31,33,34)/t21-/m1/s1. The zero-order valence-corrected chi connectivity index (χ0v) is 19.7. The summed E-state index contributed by atoms with van der Waals surface area (Å²) >= 11 is 0. The molecule has 5 aromatic rings. The topological polar surface area (TPSA) is 83.8 Å². The Hall–Kier alpha value is -4.07. The Morgan fingerprint density at radius 2 is 1.91 bits per heavy atom. The Labute approximate surface area is 202 Å². The number of nitrogens with one attached hydrogen (secondary N) is 2. The highest BCUT2D eigenvalue weighted by molar-refractivity contribution is 5.63. The van der Waals surface area contributed by atoms with Crippen molar-refractivity contribution in [1.82, 2.24) is 29.5 Å². The third kappa shape index (κ3) is 4.05. The predicted molar refractivity (Wildman–Crippen MR) is 134 cm³/mol. The van der Waals surface area contributed by atoms with Crippen molar-refractivity contribution in [3.63, 3.8) is 0 Å². The minimum absolute atomic E-state index is 0.185. The molecule has 4 aromatic heterocycles. The molecule has 0 saturated heterocycles. The van der Waals surface area contributed by atoms with Gasteiger partial charge in [-0.1, -0.05) is 44.2 Å². The highest BCUT2D eigenvalue weighted by atomic mass is 19.1. The van der Waals surface area contributed by atoms with Crippen molar-refractivity contribution in [2.24, 2.45) is 0 Å². The Morgan fingerprint density at radius 1 is 1.06 bits per heavy atom. The van der Waals surface area contributed by atoms with Crippen LogP contribution in [-0.4, -0.2) is 35.6 Å². The largest absolute Gasteiger partial charge is 0.358 e. The van der Waals surface area contributed by atoms with Crippen molar-refractivity contribution in [2.45, 2.75) is 45.1 Å². The quantitative estimate of drug-likeness (QED) is 0.361. The molecule has 0 bridgehead atoms. The Kier molecular flexibility index (Phi) is 5.28. The first-order chi connectivity index (χ1) is 17.0. The van der Waals surface area contributed by atoms with E-state index in [4.69, 9.17) is 9.97 Å². The third-order valence-corrected chi connectivity index (χ3v) is 6.60. The van der Waals surface area contributed by atoms with Gasteiger partial charge in [0, 0.05) is 34.8 Å². The van der Waals surface area contributed by atoms with Gasteiger partial charge in [0.05, 0.1) is 12.4 Å². The summed E-state index contributed by atoms with van der Waals surface area (Å²) in [7, 11) is 0. The number of anilines is 1. The van der Waals surface area contributed by atoms with Crippen LogP contribution in [0.15, 0.2) is 61.1 Å². The van der Waals surface area contributed by atoms with Gasteiger partial charge in [0.15, 0.2) is 11.5 Å². The number of aromatic amines is 1. The minimum Gasteiger partial charge on any atom is -0.358 e. The van der Waals surface area contributed by atoms with E-state index in [1.54, 1.807) is 10.7 Å². The Morgan fingerprint density at radius 3 is 2.71 bits per heavy atom. The molecule has 8 heteroatoms. The second-order valence-electron chi connectivity index (χ2n) is 9.39. The summed E-state index contributed by atoms with van der Waals surface area (Å²) in [5.41, 5.74) is 7.23. The van der Waals surface area contributed by atoms with Gasteiger partial charge in [0.2, 0.25) is 5.95 Å². The van der Waals surface area contributed by atoms with E-state index in [9.17, 15) is 4.39 Å². The molecule has 0 unspecified atom stereocenters. The van der Waals surface area contributed by atoms with Crippen molar-refractivity contribution in [3.8, 4) is 22.6 Å². The normalized spacial score (nSPS) is 15.5. The maximum absolute atomic E-state index is 13.9. The molecule has 0 spiro atoms. The number of hydrogen-bond donors (Lipinski definition) is 2. The molecule has 6 rings (SSSR count). The van der Waals surface area contributed by atoms with Gasteiger partial charge in [-0.3, -0.25) is 4.98 Å². The Balaban J connectivity index is 1.34. The van der Waals surface area contributed by atoms with Crippen LogP contribution in [0.2, 0.25) is 0 Å². The lowest BCUT2D eigenvalue weighted by Crippen LogP contribution is -2.28. The molecule has 35 heavy (non-hydrogen) atoms. The molecule has 2 N–H and O–H groups in total. The smallest absolute Gasteiger partial charge is 0.228 e. The van der Waals surface area contributed by atoms with Gasteiger partial charge in [-0.25, -0.2) is 9.37 Å². The van der Waals surface area contributed by atoms with Gasteiger partial charge in [-0.15, -0.1) is 0 Å². The van der Waals surface area contributed by atoms with Crippen molar-refractivity contribution < 1.29 is 4.39 Å². The lowest BCUT2D eigenvalue weighted by molar-refractivity contribution is 0.597. The molecule has 7 nitrogen and oxygen atoms in total. The average Bonchev–Trinajstić information content (AvgIpc) is 3.49. The van der Waals surface area contributed by atoms with E-state index in [0.717, 1.165) is 36.2 Å². The number of halogens is 1. The number of nitrogens with zero attached hydrogens (tertiary/aromatic N) is 5. The van der Waals surface area contributed by atoms with Gasteiger partial charge >= 0.3 is 0 Å². The average molecular weight is 468 g/mol. The van der Waals surface area contributed by atoms with Crippen LogP contribution >= 0.6 is 0 Å². The van der Waals surface area contributed by atoms with Gasteiger partial charge in [-0.05, 0) is 48.4 Å². The van der Waals surface area contributed by atoms with E-state index in [2.05, 4.69) is 64.6 Å². The first-order valence-corrected chi connectivity index (χ1v) is 11.9. The van der Waals surface area contributed by atoms with Gasteiger partial charge in [0.1, 0.15) is 5.82 Å². The molecule has 0 amide bonds. The lowest BCUT2D eigenvalue weighted by atomic mass is 9.93. The maximum atomic E-state index is 13.9. The predicted octanol–water partition coefficient (Wildman–Crippen LogP) is 5.41. The molecule has 0 fully saturated rings. The number of pyridine rings is 1. The summed E-state index contributed by atoms with van der Waals surface area (Å²) in [6, 6.07) is 14.2. The fourth-order valence-corrected chi connectivity index (χ4v) is 4.77. The van der Waals surface area contributed by atoms with Crippen LogP contribution in [0.4, 0.5) is 10.3 Å². The van der Waals surface area contributed by atoms with Crippen LogP contribution < -0.4 is 5.32 Å². The number of benzene rings is 1. The van der Waals surface area contributed by atoms with Crippen LogP contribution in [0, 0.1) is 5.82 Å². The summed E-state index contributed by atoms with van der Waals surface area (Å²) in [4.78, 5) is 17.1. The third-order valence-electron chi connectivity index (χ3n) is 6.60. The number of aryl methyl sites for hydroxylation is 1. The minimum atomic E-state index is -0.417. The van der Waals surface area contributed by atoms with Crippen LogP contribution in [0.3, 0.4) is 0 Å². The van der Waals surface area contributed by atoms with E-state index in [-0.39, 0.29) is 12.0 Å². The fourth-order valence-electron chi connectivity index (χ4n) is 4.77. The van der Waals surface area contributed by atoms with Crippen LogP contribution in [0.25, 0.3) is 28.3 Å². The molecule has 176 valence electrons. The molecule has 1 atom stereocenters. The summed E-state index contributed by atoms with van der Waals surface area (Å²) < 4.78 is 15.7. The second-order valence-corrected chi connectivity index (χ2v) is 9.39. The fraction of sp³-hybridized carbons (Fsp3) is 0.259. The van der Waals surface area contributed by atoms with E-state index in [1.165, 1.54) is 29.1 Å². The van der Waals surface area contributed by atoms with Gasteiger partial charge in [0.25, 0.3) is 0 Å². The summed E-state index contributed by atoms with van der Waals surface area (Å²) in [6.45, 7) is 4.21. The molecule has 0 saturated carbocycles. The zero-order valence-electron chi connectivity index (χ0n) is 19.7. The summed E-state index contributed by atoms with van der Waals surface area (Å²) in [6.07, 6.45) is 7.39. The monoisotopic (exact) mass is 467 g/mol. The van der Waals surface area contributed by atoms with Gasteiger partial charge < -0.3 is 10.3 Å². The number of fused-ring (bicyclic) bond motifs is 2. The first kappa shape index (κ1) is 21.5. The molecular formula is C27H26FN7. The number of H-pyrrole nitrogens is 1. The van der Waals surface area contributed by atoms with Crippen LogP contribution in [-0.2, 0) is 12.8 Å². The SMILES string of the molecule is CC(C)c1cnn2c(N[C@@H]3CCc4[nH]c(-c5ccccc5)cc4C3)nc(-c3cncc(F)c3)nc12. The maximum Gasteiger partial charge on any atom is 0.228 e. The lowest BCUT2D eigenvalue weighted by Gasteiger charge is -2.24. The van der Waals surface area contributed by atoms with Crippen LogP contribution in [0.5, 0.6) is 0 Å². The summed E-state index contributed by atoms with van der Waals surface area (Å²) in [5.74, 6) is 0.856.